The molecule has 6 nitrogen and oxygen atoms in total. The molecule has 4 rings (SSSR count). The maximum absolute atomic E-state index is 5.02. The SMILES string of the molecule is C=C/C(=C\C(=C/C)c1ccc(NC)c(C(=C)c2nc3c(N4CCCCC4)cncc3[nH]2)c1)CNCC. The lowest BCUT2D eigenvalue weighted by Crippen LogP contribution is -2.29. The van der Waals surface area contributed by atoms with Crippen molar-refractivity contribution >= 4 is 33.6 Å². The molecule has 0 aliphatic carbocycles. The molecule has 0 saturated carbocycles. The molecule has 3 heterocycles. The van der Waals surface area contributed by atoms with E-state index in [-0.39, 0.29) is 0 Å². The quantitative estimate of drug-likeness (QED) is 0.301. The predicted molar refractivity (Wildman–Crippen MR) is 155 cm³/mol. The average molecular weight is 483 g/mol. The van der Waals surface area contributed by atoms with E-state index in [0.717, 1.165) is 82.3 Å². The number of nitrogens with one attached hydrogen (secondary N) is 3. The van der Waals surface area contributed by atoms with Crippen LogP contribution in [0.3, 0.4) is 0 Å². The van der Waals surface area contributed by atoms with Crippen molar-refractivity contribution in [3.05, 3.63) is 84.5 Å². The number of H-pyrrole nitrogens is 1. The summed E-state index contributed by atoms with van der Waals surface area (Å²) < 4.78 is 0. The molecule has 0 radical (unpaired) electrons. The Balaban J connectivity index is 1.71. The van der Waals surface area contributed by atoms with Crippen LogP contribution in [-0.2, 0) is 0 Å². The van der Waals surface area contributed by atoms with Gasteiger partial charge in [-0.05, 0) is 61.6 Å². The summed E-state index contributed by atoms with van der Waals surface area (Å²) in [6.45, 7) is 16.4. The number of pyridine rings is 1. The first-order valence-electron chi connectivity index (χ1n) is 12.9. The minimum atomic E-state index is 0.765. The number of anilines is 2. The minimum Gasteiger partial charge on any atom is -0.388 e. The molecule has 3 N–H and O–H groups in total. The second-order valence-electron chi connectivity index (χ2n) is 9.12. The van der Waals surface area contributed by atoms with E-state index in [0.29, 0.717) is 0 Å². The zero-order valence-corrected chi connectivity index (χ0v) is 21.8. The highest BCUT2D eigenvalue weighted by molar-refractivity contribution is 5.92. The molecule has 1 saturated heterocycles. The fourth-order valence-electron chi connectivity index (χ4n) is 4.73. The van der Waals surface area contributed by atoms with Gasteiger partial charge in [-0.25, -0.2) is 4.98 Å². The Kier molecular flexibility index (Phi) is 8.39. The van der Waals surface area contributed by atoms with Crippen LogP contribution in [0, 0.1) is 0 Å². The lowest BCUT2D eigenvalue weighted by Gasteiger charge is -2.28. The highest BCUT2D eigenvalue weighted by Crippen LogP contribution is 2.33. The first-order valence-corrected chi connectivity index (χ1v) is 12.9. The number of aromatic amines is 1. The van der Waals surface area contributed by atoms with Gasteiger partial charge >= 0.3 is 0 Å². The first-order chi connectivity index (χ1) is 17.6. The van der Waals surface area contributed by atoms with Gasteiger partial charge < -0.3 is 20.5 Å². The van der Waals surface area contributed by atoms with Gasteiger partial charge in [0.2, 0.25) is 0 Å². The molecule has 0 atom stereocenters. The predicted octanol–water partition coefficient (Wildman–Crippen LogP) is 6.18. The summed E-state index contributed by atoms with van der Waals surface area (Å²) in [7, 11) is 1.94. The van der Waals surface area contributed by atoms with Gasteiger partial charge in [0.15, 0.2) is 0 Å². The fourth-order valence-corrected chi connectivity index (χ4v) is 4.73. The summed E-state index contributed by atoms with van der Waals surface area (Å²) in [5, 5.41) is 6.70. The third-order valence-corrected chi connectivity index (χ3v) is 6.80. The molecule has 36 heavy (non-hydrogen) atoms. The number of hydrogen-bond donors (Lipinski definition) is 3. The lowest BCUT2D eigenvalue weighted by molar-refractivity contribution is 0.578. The summed E-state index contributed by atoms with van der Waals surface area (Å²) in [4.78, 5) is 15.4. The van der Waals surface area contributed by atoms with Crippen molar-refractivity contribution in [2.24, 2.45) is 0 Å². The lowest BCUT2D eigenvalue weighted by atomic mass is 9.96. The van der Waals surface area contributed by atoms with Crippen molar-refractivity contribution < 1.29 is 0 Å². The highest BCUT2D eigenvalue weighted by atomic mass is 15.2. The molecule has 0 bridgehead atoms. The topological polar surface area (TPSA) is 68.9 Å². The van der Waals surface area contributed by atoms with Crippen molar-refractivity contribution in [2.75, 3.05) is 43.4 Å². The van der Waals surface area contributed by atoms with Crippen molar-refractivity contribution in [2.45, 2.75) is 33.1 Å². The van der Waals surface area contributed by atoms with Crippen LogP contribution in [0.5, 0.6) is 0 Å². The van der Waals surface area contributed by atoms with Crippen molar-refractivity contribution in [3.63, 3.8) is 0 Å². The number of aromatic nitrogens is 3. The highest BCUT2D eigenvalue weighted by Gasteiger charge is 2.19. The van der Waals surface area contributed by atoms with E-state index < -0.39 is 0 Å². The molecule has 2 aromatic heterocycles. The van der Waals surface area contributed by atoms with E-state index in [1.807, 2.05) is 25.5 Å². The van der Waals surface area contributed by atoms with E-state index in [1.54, 1.807) is 0 Å². The van der Waals surface area contributed by atoms with Crippen LogP contribution in [0.4, 0.5) is 11.4 Å². The van der Waals surface area contributed by atoms with Crippen molar-refractivity contribution in [3.8, 4) is 0 Å². The van der Waals surface area contributed by atoms with E-state index >= 15 is 0 Å². The zero-order valence-electron chi connectivity index (χ0n) is 21.8. The third kappa shape index (κ3) is 5.44. The van der Waals surface area contributed by atoms with Crippen LogP contribution in [0.15, 0.2) is 67.6 Å². The number of imidazole rings is 1. The molecular formula is C30H38N6. The van der Waals surface area contributed by atoms with Gasteiger partial charge in [0, 0.05) is 43.5 Å². The van der Waals surface area contributed by atoms with Crippen LogP contribution < -0.4 is 15.5 Å². The van der Waals surface area contributed by atoms with E-state index in [1.165, 1.54) is 19.3 Å². The maximum atomic E-state index is 5.02. The summed E-state index contributed by atoms with van der Waals surface area (Å²) in [6, 6.07) is 6.43. The fraction of sp³-hybridized carbons (Fsp3) is 0.333. The Morgan fingerprint density at radius 2 is 2.00 bits per heavy atom. The van der Waals surface area contributed by atoms with E-state index in [2.05, 4.69) is 82.9 Å². The summed E-state index contributed by atoms with van der Waals surface area (Å²) in [5.41, 5.74) is 9.28. The number of nitrogens with zero attached hydrogens (tertiary/aromatic N) is 3. The van der Waals surface area contributed by atoms with E-state index in [4.69, 9.17) is 4.98 Å². The van der Waals surface area contributed by atoms with Crippen LogP contribution >= 0.6 is 0 Å². The largest absolute Gasteiger partial charge is 0.388 e. The summed E-state index contributed by atoms with van der Waals surface area (Å²) >= 11 is 0. The smallest absolute Gasteiger partial charge is 0.138 e. The molecular weight excluding hydrogens is 444 g/mol. The van der Waals surface area contributed by atoms with E-state index in [9.17, 15) is 0 Å². The number of fused-ring (bicyclic) bond motifs is 1. The molecule has 0 spiro atoms. The summed E-state index contributed by atoms with van der Waals surface area (Å²) in [6.07, 6.45) is 13.7. The number of piperidine rings is 1. The molecule has 1 fully saturated rings. The monoisotopic (exact) mass is 482 g/mol. The molecule has 188 valence electrons. The molecule has 1 aliphatic rings. The normalized spacial score (nSPS) is 14.8. The molecule has 3 aromatic rings. The first kappa shape index (κ1) is 25.5. The Morgan fingerprint density at radius 3 is 2.69 bits per heavy atom. The van der Waals surface area contributed by atoms with Gasteiger partial charge in [0.25, 0.3) is 0 Å². The van der Waals surface area contributed by atoms with Crippen LogP contribution in [0.25, 0.3) is 22.2 Å². The van der Waals surface area contributed by atoms with Crippen molar-refractivity contribution in [1.29, 1.82) is 0 Å². The Morgan fingerprint density at radius 1 is 1.19 bits per heavy atom. The standard InChI is InChI=1S/C30H38N6/c1-6-22(18-32-8-3)16-23(7-2)24-12-13-26(31-5)25(17-24)21(4)30-34-27-19-33-20-28(29(27)35-30)36-14-10-9-11-15-36/h6-7,12-13,16-17,19-20,31-32H,1,4,8-11,14-15,18H2,2-3,5H3,(H,34,35)/b22-16+,23-7+. The minimum absolute atomic E-state index is 0.765. The Bertz CT molecular complexity index is 1290. The number of likely N-dealkylation sites (N-methyl/N-ethyl adjacent to an activating group) is 1. The third-order valence-electron chi connectivity index (χ3n) is 6.80. The second-order valence-corrected chi connectivity index (χ2v) is 9.12. The van der Waals surface area contributed by atoms with Gasteiger partial charge in [-0.15, -0.1) is 0 Å². The van der Waals surface area contributed by atoms with Gasteiger partial charge in [-0.2, -0.15) is 0 Å². The molecule has 1 aliphatic heterocycles. The Hall–Kier alpha value is -3.64. The van der Waals surface area contributed by atoms with Crippen molar-refractivity contribution in [1.82, 2.24) is 20.3 Å². The van der Waals surface area contributed by atoms with Crippen LogP contribution in [0.1, 0.15) is 50.1 Å². The second kappa shape index (κ2) is 11.9. The maximum Gasteiger partial charge on any atom is 0.138 e. The zero-order chi connectivity index (χ0) is 25.5. The number of hydrogen-bond acceptors (Lipinski definition) is 5. The molecule has 1 aromatic carbocycles. The molecule has 6 heteroatoms. The van der Waals surface area contributed by atoms with Gasteiger partial charge in [0.05, 0.1) is 23.6 Å². The molecule has 0 amide bonds. The number of rotatable bonds is 10. The van der Waals surface area contributed by atoms with Crippen LogP contribution in [-0.4, -0.2) is 48.2 Å². The average Bonchev–Trinajstić information content (AvgIpc) is 3.37. The number of allylic oxidation sites excluding steroid dienone is 3. The molecule has 0 unspecified atom stereocenters. The van der Waals surface area contributed by atoms with Crippen LogP contribution in [0.2, 0.25) is 0 Å². The van der Waals surface area contributed by atoms with Gasteiger partial charge in [-0.1, -0.05) is 44.4 Å². The summed E-state index contributed by atoms with van der Waals surface area (Å²) in [5.74, 6) is 0.765. The number of benzene rings is 1. The van der Waals surface area contributed by atoms with Gasteiger partial charge in [0.1, 0.15) is 11.3 Å². The van der Waals surface area contributed by atoms with Gasteiger partial charge in [-0.3, -0.25) is 4.98 Å². The Labute approximate surface area is 214 Å².